The van der Waals surface area contributed by atoms with Gasteiger partial charge < -0.3 is 9.80 Å². The van der Waals surface area contributed by atoms with Crippen molar-refractivity contribution in [2.75, 3.05) is 26.2 Å². The van der Waals surface area contributed by atoms with Crippen molar-refractivity contribution in [1.82, 2.24) is 19.8 Å². The smallest absolute Gasteiger partial charge is 0.253 e. The molecule has 0 bridgehead atoms. The molecule has 2 fully saturated rings. The average Bonchev–Trinajstić information content (AvgIpc) is 2.98. The van der Waals surface area contributed by atoms with Gasteiger partial charge in [-0.05, 0) is 70.8 Å². The van der Waals surface area contributed by atoms with E-state index in [0.717, 1.165) is 53.9 Å². The molecule has 3 heterocycles. The summed E-state index contributed by atoms with van der Waals surface area (Å²) in [6.45, 7) is 8.12. The van der Waals surface area contributed by atoms with E-state index in [1.807, 2.05) is 36.9 Å². The van der Waals surface area contributed by atoms with Crippen LogP contribution in [0.2, 0.25) is 0 Å². The number of amides is 1. The van der Waals surface area contributed by atoms with Crippen LogP contribution >= 0.6 is 0 Å². The van der Waals surface area contributed by atoms with Crippen LogP contribution < -0.4 is 0 Å². The van der Waals surface area contributed by atoms with Crippen molar-refractivity contribution < 1.29 is 4.79 Å². The van der Waals surface area contributed by atoms with Crippen LogP contribution in [0.15, 0.2) is 18.2 Å². The van der Waals surface area contributed by atoms with E-state index in [4.69, 9.17) is 0 Å². The molecule has 1 aromatic carbocycles. The molecule has 0 spiro atoms. The predicted molar refractivity (Wildman–Crippen MR) is 108 cm³/mol. The van der Waals surface area contributed by atoms with Crippen LogP contribution in [0.3, 0.4) is 0 Å². The number of nitrogens with zero attached hydrogens (tertiary/aromatic N) is 4. The van der Waals surface area contributed by atoms with Crippen LogP contribution in [0.4, 0.5) is 0 Å². The highest BCUT2D eigenvalue weighted by molar-refractivity contribution is 5.97. The minimum atomic E-state index is 0.131. The maximum absolute atomic E-state index is 13.0. The molecule has 0 aliphatic carbocycles. The lowest BCUT2D eigenvalue weighted by Crippen LogP contribution is -2.47. The van der Waals surface area contributed by atoms with E-state index < -0.39 is 0 Å². The highest BCUT2D eigenvalue weighted by Crippen LogP contribution is 2.22. The second-order valence-electron chi connectivity index (χ2n) is 8.07. The van der Waals surface area contributed by atoms with Gasteiger partial charge in [0.05, 0.1) is 22.4 Å². The fraction of sp³-hybridized carbons (Fsp3) is 0.591. The lowest BCUT2D eigenvalue weighted by molar-refractivity contribution is 0.0623. The second-order valence-corrected chi connectivity index (χ2v) is 8.07. The van der Waals surface area contributed by atoms with Crippen LogP contribution in [0.5, 0.6) is 0 Å². The van der Waals surface area contributed by atoms with E-state index >= 15 is 0 Å². The van der Waals surface area contributed by atoms with E-state index in [-0.39, 0.29) is 5.91 Å². The normalized spacial score (nSPS) is 20.0. The highest BCUT2D eigenvalue weighted by atomic mass is 16.2. The topological polar surface area (TPSA) is 49.3 Å². The van der Waals surface area contributed by atoms with Gasteiger partial charge in [0.25, 0.3) is 5.91 Å². The zero-order valence-electron chi connectivity index (χ0n) is 16.6. The molecule has 2 aromatic rings. The number of hydrogen-bond donors (Lipinski definition) is 0. The van der Waals surface area contributed by atoms with E-state index in [1.54, 1.807) is 0 Å². The molecule has 0 unspecified atom stereocenters. The van der Waals surface area contributed by atoms with Gasteiger partial charge >= 0.3 is 0 Å². The van der Waals surface area contributed by atoms with Crippen molar-refractivity contribution in [2.45, 2.75) is 58.4 Å². The van der Waals surface area contributed by atoms with Gasteiger partial charge in [0, 0.05) is 24.7 Å². The molecule has 144 valence electrons. The number of aromatic nitrogens is 2. The molecular weight excluding hydrogens is 336 g/mol. The van der Waals surface area contributed by atoms with Crippen molar-refractivity contribution >= 4 is 16.9 Å². The number of piperidine rings is 1. The van der Waals surface area contributed by atoms with E-state index in [1.165, 1.54) is 38.8 Å². The molecular formula is C22H30N4O. The Kier molecular flexibility index (Phi) is 5.39. The minimum Gasteiger partial charge on any atom is -0.339 e. The molecule has 2 saturated heterocycles. The highest BCUT2D eigenvalue weighted by Gasteiger charge is 2.27. The second kappa shape index (κ2) is 7.93. The zero-order valence-corrected chi connectivity index (χ0v) is 16.6. The molecule has 27 heavy (non-hydrogen) atoms. The van der Waals surface area contributed by atoms with Gasteiger partial charge in [0.1, 0.15) is 0 Å². The Morgan fingerprint density at radius 2 is 1.52 bits per heavy atom. The largest absolute Gasteiger partial charge is 0.339 e. The quantitative estimate of drug-likeness (QED) is 0.813. The van der Waals surface area contributed by atoms with Crippen LogP contribution in [-0.4, -0.2) is 57.9 Å². The first-order chi connectivity index (χ1) is 13.1. The van der Waals surface area contributed by atoms with E-state index in [9.17, 15) is 4.79 Å². The van der Waals surface area contributed by atoms with Crippen molar-refractivity contribution in [3.63, 3.8) is 0 Å². The molecule has 5 nitrogen and oxygen atoms in total. The third-order valence-electron chi connectivity index (χ3n) is 6.23. The summed E-state index contributed by atoms with van der Waals surface area (Å²) in [7, 11) is 0. The summed E-state index contributed by atoms with van der Waals surface area (Å²) < 4.78 is 0. The number of carbonyl (C=O) groups is 1. The molecule has 0 atom stereocenters. The zero-order chi connectivity index (χ0) is 18.8. The van der Waals surface area contributed by atoms with Crippen molar-refractivity contribution in [2.24, 2.45) is 0 Å². The number of aryl methyl sites for hydroxylation is 2. The fourth-order valence-corrected chi connectivity index (χ4v) is 4.44. The molecule has 4 rings (SSSR count). The number of benzene rings is 1. The summed E-state index contributed by atoms with van der Waals surface area (Å²) in [5, 5.41) is 0. The summed E-state index contributed by atoms with van der Waals surface area (Å²) in [5.74, 6) is 0.131. The first-order valence-corrected chi connectivity index (χ1v) is 10.4. The molecule has 0 radical (unpaired) electrons. The molecule has 0 saturated carbocycles. The maximum Gasteiger partial charge on any atom is 0.253 e. The van der Waals surface area contributed by atoms with Crippen LogP contribution in [0.1, 0.15) is 60.3 Å². The molecule has 1 amide bonds. The Hall–Kier alpha value is -2.01. The molecule has 2 aliphatic rings. The third kappa shape index (κ3) is 3.98. The standard InChI is InChI=1S/C22H30N4O/c1-16-17(2)24-21-15-18(7-8-20(21)23-16)22(27)26-13-9-19(10-14-26)25-11-5-3-4-6-12-25/h7-8,15,19H,3-6,9-14H2,1-2H3. The summed E-state index contributed by atoms with van der Waals surface area (Å²) >= 11 is 0. The summed E-state index contributed by atoms with van der Waals surface area (Å²) in [5.41, 5.74) is 4.26. The lowest BCUT2D eigenvalue weighted by Gasteiger charge is -2.38. The van der Waals surface area contributed by atoms with Crippen LogP contribution in [0, 0.1) is 13.8 Å². The van der Waals surface area contributed by atoms with Gasteiger partial charge in [-0.3, -0.25) is 4.79 Å². The van der Waals surface area contributed by atoms with Crippen molar-refractivity contribution in [3.8, 4) is 0 Å². The first-order valence-electron chi connectivity index (χ1n) is 10.4. The molecule has 1 aromatic heterocycles. The number of likely N-dealkylation sites (tertiary alicyclic amines) is 2. The first kappa shape index (κ1) is 18.4. The van der Waals surface area contributed by atoms with E-state index in [2.05, 4.69) is 14.9 Å². The van der Waals surface area contributed by atoms with Crippen molar-refractivity contribution in [1.29, 1.82) is 0 Å². The number of hydrogen-bond acceptors (Lipinski definition) is 4. The Morgan fingerprint density at radius 3 is 2.19 bits per heavy atom. The molecule has 5 heteroatoms. The van der Waals surface area contributed by atoms with Crippen LogP contribution in [0.25, 0.3) is 11.0 Å². The summed E-state index contributed by atoms with van der Waals surface area (Å²) in [6.07, 6.45) is 7.59. The summed E-state index contributed by atoms with van der Waals surface area (Å²) in [4.78, 5) is 26.9. The third-order valence-corrected chi connectivity index (χ3v) is 6.23. The van der Waals surface area contributed by atoms with Crippen molar-refractivity contribution in [3.05, 3.63) is 35.2 Å². The minimum absolute atomic E-state index is 0.131. The van der Waals surface area contributed by atoms with Gasteiger partial charge in [-0.2, -0.15) is 0 Å². The molecule has 2 aliphatic heterocycles. The SMILES string of the molecule is Cc1nc2ccc(C(=O)N3CCC(N4CCCCCC4)CC3)cc2nc1C. The van der Waals surface area contributed by atoms with Gasteiger partial charge in [0.15, 0.2) is 0 Å². The lowest BCUT2D eigenvalue weighted by atomic mass is 10.0. The number of carbonyl (C=O) groups excluding carboxylic acids is 1. The van der Waals surface area contributed by atoms with Gasteiger partial charge in [0.2, 0.25) is 0 Å². The van der Waals surface area contributed by atoms with Crippen LogP contribution in [-0.2, 0) is 0 Å². The van der Waals surface area contributed by atoms with Gasteiger partial charge in [-0.1, -0.05) is 12.8 Å². The number of rotatable bonds is 2. The summed E-state index contributed by atoms with van der Waals surface area (Å²) in [6, 6.07) is 6.37. The Balaban J connectivity index is 1.43. The van der Waals surface area contributed by atoms with Gasteiger partial charge in [-0.15, -0.1) is 0 Å². The van der Waals surface area contributed by atoms with E-state index in [0.29, 0.717) is 6.04 Å². The van der Waals surface area contributed by atoms with Gasteiger partial charge in [-0.25, -0.2) is 9.97 Å². The Labute approximate surface area is 161 Å². The Morgan fingerprint density at radius 1 is 0.889 bits per heavy atom. The average molecular weight is 367 g/mol. The number of fused-ring (bicyclic) bond motifs is 1. The Bertz CT molecular complexity index is 818. The maximum atomic E-state index is 13.0. The fourth-order valence-electron chi connectivity index (χ4n) is 4.44. The molecule has 0 N–H and O–H groups in total. The monoisotopic (exact) mass is 366 g/mol. The predicted octanol–water partition coefficient (Wildman–Crippen LogP) is 3.73.